The van der Waals surface area contributed by atoms with Crippen LogP contribution in [0.2, 0.25) is 5.02 Å². The lowest BCUT2D eigenvalue weighted by molar-refractivity contribution is 0.202. The third-order valence-electron chi connectivity index (χ3n) is 4.53. The van der Waals surface area contributed by atoms with Gasteiger partial charge in [-0.2, -0.15) is 10.2 Å². The van der Waals surface area contributed by atoms with Crippen LogP contribution in [-0.2, 0) is 6.54 Å². The highest BCUT2D eigenvalue weighted by atomic mass is 79.9. The standard InChI is InChI=1S/C16H16BrClN6O/c1-16(2,3)11-6-24-13(12(18)14(17)22-24)9-4-10(25)8(5-23(9)11)15-19-7-20-21-15/h4-5,7,11H,6H2,1-3H3,(H,19,20,21)/t11-/m0/s1. The molecule has 0 aromatic carbocycles. The molecule has 0 amide bonds. The summed E-state index contributed by atoms with van der Waals surface area (Å²) in [5.41, 5.74) is 1.79. The van der Waals surface area contributed by atoms with Gasteiger partial charge in [-0.05, 0) is 21.3 Å². The Hall–Kier alpha value is -1.93. The fraction of sp³-hybridized carbons (Fsp3) is 0.375. The predicted octanol–water partition coefficient (Wildman–Crippen LogP) is 3.51. The molecule has 0 aliphatic carbocycles. The molecule has 0 spiro atoms. The normalized spacial score (nSPS) is 16.6. The van der Waals surface area contributed by atoms with E-state index in [1.54, 1.807) is 6.07 Å². The molecule has 4 heterocycles. The Morgan fingerprint density at radius 3 is 2.80 bits per heavy atom. The van der Waals surface area contributed by atoms with Crippen LogP contribution in [0.5, 0.6) is 0 Å². The molecule has 1 atom stereocenters. The van der Waals surface area contributed by atoms with Gasteiger partial charge in [-0.3, -0.25) is 14.6 Å². The molecule has 0 fully saturated rings. The molecule has 0 radical (unpaired) electrons. The molecule has 1 aliphatic heterocycles. The summed E-state index contributed by atoms with van der Waals surface area (Å²) in [4.78, 5) is 16.8. The van der Waals surface area contributed by atoms with Crippen molar-refractivity contribution in [3.8, 4) is 22.8 Å². The van der Waals surface area contributed by atoms with Gasteiger partial charge in [0.1, 0.15) is 21.6 Å². The Morgan fingerprint density at radius 1 is 1.40 bits per heavy atom. The lowest BCUT2D eigenvalue weighted by Crippen LogP contribution is -2.34. The Labute approximate surface area is 157 Å². The summed E-state index contributed by atoms with van der Waals surface area (Å²) in [6.07, 6.45) is 3.23. The quantitative estimate of drug-likeness (QED) is 0.649. The number of rotatable bonds is 1. The molecule has 25 heavy (non-hydrogen) atoms. The van der Waals surface area contributed by atoms with Crippen LogP contribution in [0, 0.1) is 5.41 Å². The van der Waals surface area contributed by atoms with E-state index in [1.165, 1.54) is 6.33 Å². The number of aromatic nitrogens is 6. The zero-order valence-corrected chi connectivity index (χ0v) is 16.3. The molecular formula is C16H16BrClN6O. The summed E-state index contributed by atoms with van der Waals surface area (Å²) in [5, 5.41) is 11.6. The van der Waals surface area contributed by atoms with Crippen LogP contribution in [0.1, 0.15) is 26.8 Å². The van der Waals surface area contributed by atoms with E-state index < -0.39 is 0 Å². The number of aromatic amines is 1. The summed E-state index contributed by atoms with van der Waals surface area (Å²) in [6, 6.07) is 1.70. The third-order valence-corrected chi connectivity index (χ3v) is 5.67. The SMILES string of the molecule is CC(C)(C)[C@@H]1Cn2nc(Br)c(Cl)c2-c2cc(=O)c(-c3ncn[nH]3)cn21. The third kappa shape index (κ3) is 2.55. The summed E-state index contributed by atoms with van der Waals surface area (Å²) in [7, 11) is 0. The summed E-state index contributed by atoms with van der Waals surface area (Å²) in [6.45, 7) is 7.16. The van der Waals surface area contributed by atoms with Crippen molar-refractivity contribution in [2.24, 2.45) is 5.41 Å². The van der Waals surface area contributed by atoms with Crippen LogP contribution in [0.3, 0.4) is 0 Å². The smallest absolute Gasteiger partial charge is 0.193 e. The minimum atomic E-state index is -0.141. The van der Waals surface area contributed by atoms with Crippen molar-refractivity contribution >= 4 is 27.5 Å². The van der Waals surface area contributed by atoms with Crippen molar-refractivity contribution in [2.45, 2.75) is 33.4 Å². The van der Waals surface area contributed by atoms with E-state index in [2.05, 4.69) is 61.5 Å². The average molecular weight is 424 g/mol. The molecule has 7 nitrogen and oxygen atoms in total. The van der Waals surface area contributed by atoms with Gasteiger partial charge in [0.25, 0.3) is 0 Å². The molecule has 0 saturated carbocycles. The van der Waals surface area contributed by atoms with Crippen LogP contribution < -0.4 is 5.43 Å². The van der Waals surface area contributed by atoms with Crippen molar-refractivity contribution < 1.29 is 0 Å². The monoisotopic (exact) mass is 422 g/mol. The summed E-state index contributed by atoms with van der Waals surface area (Å²) in [5.74, 6) is 0.458. The molecular weight excluding hydrogens is 408 g/mol. The number of H-pyrrole nitrogens is 1. The number of nitrogens with one attached hydrogen (secondary N) is 1. The van der Waals surface area contributed by atoms with Crippen molar-refractivity contribution in [3.63, 3.8) is 0 Å². The van der Waals surface area contributed by atoms with Crippen LogP contribution in [-0.4, -0.2) is 29.5 Å². The van der Waals surface area contributed by atoms with E-state index in [9.17, 15) is 4.79 Å². The van der Waals surface area contributed by atoms with Crippen molar-refractivity contribution in [3.05, 3.63) is 38.4 Å². The van der Waals surface area contributed by atoms with E-state index >= 15 is 0 Å². The van der Waals surface area contributed by atoms with Crippen molar-refractivity contribution in [1.82, 2.24) is 29.5 Å². The van der Waals surface area contributed by atoms with Crippen LogP contribution >= 0.6 is 27.5 Å². The molecule has 1 aliphatic rings. The molecule has 130 valence electrons. The second kappa shape index (κ2) is 5.54. The maximum atomic E-state index is 12.7. The Balaban J connectivity index is 2.03. The topological polar surface area (TPSA) is 81.4 Å². The predicted molar refractivity (Wildman–Crippen MR) is 98.5 cm³/mol. The van der Waals surface area contributed by atoms with Gasteiger partial charge in [-0.25, -0.2) is 4.98 Å². The first kappa shape index (κ1) is 16.5. The average Bonchev–Trinajstić information content (AvgIpc) is 3.14. The Kier molecular flexibility index (Phi) is 3.66. The van der Waals surface area contributed by atoms with Crippen LogP contribution in [0.4, 0.5) is 0 Å². The zero-order chi connectivity index (χ0) is 17.9. The fourth-order valence-electron chi connectivity index (χ4n) is 3.24. The van der Waals surface area contributed by atoms with E-state index in [1.807, 2.05) is 10.9 Å². The zero-order valence-electron chi connectivity index (χ0n) is 13.9. The fourth-order valence-corrected chi connectivity index (χ4v) is 3.85. The van der Waals surface area contributed by atoms with E-state index in [-0.39, 0.29) is 16.9 Å². The first-order valence-electron chi connectivity index (χ1n) is 7.81. The van der Waals surface area contributed by atoms with Gasteiger partial charge in [-0.1, -0.05) is 32.4 Å². The molecule has 0 bridgehead atoms. The molecule has 4 rings (SSSR count). The van der Waals surface area contributed by atoms with Gasteiger partial charge < -0.3 is 4.57 Å². The lowest BCUT2D eigenvalue weighted by atomic mass is 9.85. The number of hydrogen-bond acceptors (Lipinski definition) is 4. The number of fused-ring (bicyclic) bond motifs is 3. The molecule has 3 aromatic heterocycles. The second-order valence-electron chi connectivity index (χ2n) is 7.20. The van der Waals surface area contributed by atoms with Gasteiger partial charge in [-0.15, -0.1) is 0 Å². The number of hydrogen-bond donors (Lipinski definition) is 1. The number of halogens is 2. The highest BCUT2D eigenvalue weighted by molar-refractivity contribution is 9.10. The molecule has 0 unspecified atom stereocenters. The van der Waals surface area contributed by atoms with Crippen molar-refractivity contribution in [2.75, 3.05) is 0 Å². The lowest BCUT2D eigenvalue weighted by Gasteiger charge is -2.38. The Bertz CT molecular complexity index is 1010. The van der Waals surface area contributed by atoms with E-state index in [0.717, 1.165) is 11.4 Å². The molecule has 9 heteroatoms. The first-order valence-corrected chi connectivity index (χ1v) is 8.98. The maximum Gasteiger partial charge on any atom is 0.193 e. The van der Waals surface area contributed by atoms with Crippen LogP contribution in [0.25, 0.3) is 22.8 Å². The van der Waals surface area contributed by atoms with E-state index in [4.69, 9.17) is 11.6 Å². The highest BCUT2D eigenvalue weighted by Gasteiger charge is 2.35. The van der Waals surface area contributed by atoms with Gasteiger partial charge in [0.15, 0.2) is 11.3 Å². The van der Waals surface area contributed by atoms with Crippen molar-refractivity contribution in [1.29, 1.82) is 0 Å². The van der Waals surface area contributed by atoms with Gasteiger partial charge in [0, 0.05) is 12.3 Å². The van der Waals surface area contributed by atoms with Gasteiger partial charge in [0.05, 0.1) is 23.8 Å². The molecule has 1 N–H and O–H groups in total. The van der Waals surface area contributed by atoms with Gasteiger partial charge >= 0.3 is 0 Å². The number of nitrogens with zero attached hydrogens (tertiary/aromatic N) is 5. The van der Waals surface area contributed by atoms with Crippen LogP contribution in [0.15, 0.2) is 28.0 Å². The summed E-state index contributed by atoms with van der Waals surface area (Å²) >= 11 is 9.82. The number of pyridine rings is 1. The molecule has 0 saturated heterocycles. The maximum absolute atomic E-state index is 12.7. The minimum Gasteiger partial charge on any atom is -0.340 e. The summed E-state index contributed by atoms with van der Waals surface area (Å²) < 4.78 is 4.55. The first-order chi connectivity index (χ1) is 11.8. The van der Waals surface area contributed by atoms with E-state index in [0.29, 0.717) is 27.6 Å². The Morgan fingerprint density at radius 2 is 2.16 bits per heavy atom. The highest BCUT2D eigenvalue weighted by Crippen LogP contribution is 2.43. The molecule has 3 aromatic rings. The minimum absolute atomic E-state index is 0.0505. The second-order valence-corrected chi connectivity index (χ2v) is 8.32. The largest absolute Gasteiger partial charge is 0.340 e. The van der Waals surface area contributed by atoms with Gasteiger partial charge in [0.2, 0.25) is 0 Å².